The highest BCUT2D eigenvalue weighted by molar-refractivity contribution is 5.06. The molecule has 1 aliphatic heterocycles. The summed E-state index contributed by atoms with van der Waals surface area (Å²) in [5.41, 5.74) is 0.777. The molecule has 4 heteroatoms. The van der Waals surface area contributed by atoms with Crippen LogP contribution >= 0.6 is 0 Å². The van der Waals surface area contributed by atoms with Crippen LogP contribution in [0.1, 0.15) is 44.1 Å². The Morgan fingerprint density at radius 3 is 2.94 bits per heavy atom. The molecule has 0 amide bonds. The van der Waals surface area contributed by atoms with Crippen LogP contribution in [-0.4, -0.2) is 34.0 Å². The SMILES string of the molecule is Cc1cc(=O)[nH]c([C@@H]2CCCN(C(C)C)C2)n1. The van der Waals surface area contributed by atoms with Gasteiger partial charge in [-0.3, -0.25) is 4.79 Å². The van der Waals surface area contributed by atoms with Crippen molar-refractivity contribution in [2.45, 2.75) is 45.6 Å². The molecule has 0 bridgehead atoms. The second-order valence-electron chi connectivity index (χ2n) is 5.20. The summed E-state index contributed by atoms with van der Waals surface area (Å²) in [6.45, 7) is 8.47. The van der Waals surface area contributed by atoms with Crippen LogP contribution in [0.3, 0.4) is 0 Å². The van der Waals surface area contributed by atoms with Gasteiger partial charge in [0.2, 0.25) is 0 Å². The van der Waals surface area contributed by atoms with E-state index in [9.17, 15) is 4.79 Å². The van der Waals surface area contributed by atoms with E-state index >= 15 is 0 Å². The Labute approximate surface area is 102 Å². The lowest BCUT2D eigenvalue weighted by Gasteiger charge is -2.34. The fourth-order valence-electron chi connectivity index (χ4n) is 2.49. The highest BCUT2D eigenvalue weighted by Crippen LogP contribution is 2.24. The first kappa shape index (κ1) is 12.3. The molecular formula is C13H21N3O. The first-order valence-electron chi connectivity index (χ1n) is 6.38. The minimum Gasteiger partial charge on any atom is -0.310 e. The number of piperidine rings is 1. The highest BCUT2D eigenvalue weighted by Gasteiger charge is 2.24. The van der Waals surface area contributed by atoms with Crippen LogP contribution in [0.15, 0.2) is 10.9 Å². The molecule has 0 unspecified atom stereocenters. The summed E-state index contributed by atoms with van der Waals surface area (Å²) in [5.74, 6) is 1.24. The molecule has 94 valence electrons. The smallest absolute Gasteiger partial charge is 0.251 e. The third-order valence-corrected chi connectivity index (χ3v) is 3.46. The number of H-pyrrole nitrogens is 1. The van der Waals surface area contributed by atoms with Crippen molar-refractivity contribution in [2.75, 3.05) is 13.1 Å². The van der Waals surface area contributed by atoms with Gasteiger partial charge < -0.3 is 9.88 Å². The van der Waals surface area contributed by atoms with Crippen molar-refractivity contribution in [2.24, 2.45) is 0 Å². The zero-order valence-corrected chi connectivity index (χ0v) is 10.9. The van der Waals surface area contributed by atoms with Crippen molar-refractivity contribution in [3.63, 3.8) is 0 Å². The van der Waals surface area contributed by atoms with Crippen LogP contribution in [0.5, 0.6) is 0 Å². The summed E-state index contributed by atoms with van der Waals surface area (Å²) in [7, 11) is 0. The lowest BCUT2D eigenvalue weighted by molar-refractivity contribution is 0.164. The van der Waals surface area contributed by atoms with Crippen molar-refractivity contribution in [1.82, 2.24) is 14.9 Å². The lowest BCUT2D eigenvalue weighted by Crippen LogP contribution is -2.39. The Morgan fingerprint density at radius 1 is 1.53 bits per heavy atom. The van der Waals surface area contributed by atoms with E-state index < -0.39 is 0 Å². The summed E-state index contributed by atoms with van der Waals surface area (Å²) >= 11 is 0. The molecule has 0 radical (unpaired) electrons. The standard InChI is InChI=1S/C13H21N3O/c1-9(2)16-6-4-5-11(8-16)13-14-10(3)7-12(17)15-13/h7,9,11H,4-6,8H2,1-3H3,(H,14,15,17)/t11-/m1/s1. The van der Waals surface area contributed by atoms with Gasteiger partial charge in [-0.2, -0.15) is 0 Å². The summed E-state index contributed by atoms with van der Waals surface area (Å²) in [5, 5.41) is 0. The maximum atomic E-state index is 11.5. The number of hydrogen-bond acceptors (Lipinski definition) is 3. The van der Waals surface area contributed by atoms with Gasteiger partial charge in [-0.05, 0) is 40.2 Å². The first-order valence-corrected chi connectivity index (χ1v) is 6.38. The Hall–Kier alpha value is -1.16. The largest absolute Gasteiger partial charge is 0.310 e. The van der Waals surface area contributed by atoms with Crippen LogP contribution in [0.2, 0.25) is 0 Å². The van der Waals surface area contributed by atoms with E-state index in [-0.39, 0.29) is 5.56 Å². The highest BCUT2D eigenvalue weighted by atomic mass is 16.1. The summed E-state index contributed by atoms with van der Waals surface area (Å²) < 4.78 is 0. The Morgan fingerprint density at radius 2 is 2.29 bits per heavy atom. The number of aromatic nitrogens is 2. The molecule has 4 nitrogen and oxygen atoms in total. The molecule has 1 N–H and O–H groups in total. The Kier molecular flexibility index (Phi) is 3.62. The van der Waals surface area contributed by atoms with E-state index in [1.54, 1.807) is 6.07 Å². The van der Waals surface area contributed by atoms with Crippen LogP contribution in [0.25, 0.3) is 0 Å². The van der Waals surface area contributed by atoms with E-state index in [0.29, 0.717) is 12.0 Å². The van der Waals surface area contributed by atoms with E-state index in [4.69, 9.17) is 0 Å². The molecule has 2 heterocycles. The summed E-state index contributed by atoms with van der Waals surface area (Å²) in [4.78, 5) is 21.3. The maximum absolute atomic E-state index is 11.5. The minimum absolute atomic E-state index is 0.0332. The molecule has 1 aromatic rings. The molecule has 1 aromatic heterocycles. The maximum Gasteiger partial charge on any atom is 0.251 e. The fraction of sp³-hybridized carbons (Fsp3) is 0.692. The Balaban J connectivity index is 2.18. The third kappa shape index (κ3) is 2.94. The van der Waals surface area contributed by atoms with Crippen LogP contribution in [0.4, 0.5) is 0 Å². The number of rotatable bonds is 2. The predicted octanol–water partition coefficient (Wildman–Crippen LogP) is 1.67. The Bertz CT molecular complexity index is 439. The number of aromatic amines is 1. The van der Waals surface area contributed by atoms with Crippen molar-refractivity contribution in [3.05, 3.63) is 27.9 Å². The van der Waals surface area contributed by atoms with Gasteiger partial charge in [0, 0.05) is 30.3 Å². The molecule has 1 saturated heterocycles. The monoisotopic (exact) mass is 235 g/mol. The number of hydrogen-bond donors (Lipinski definition) is 1. The van der Waals surface area contributed by atoms with Gasteiger partial charge >= 0.3 is 0 Å². The van der Waals surface area contributed by atoms with E-state index in [1.807, 2.05) is 6.92 Å². The van der Waals surface area contributed by atoms with Crippen molar-refractivity contribution in [1.29, 1.82) is 0 Å². The average molecular weight is 235 g/mol. The molecule has 0 spiro atoms. The molecule has 1 aliphatic rings. The third-order valence-electron chi connectivity index (χ3n) is 3.46. The molecule has 0 aromatic carbocycles. The van der Waals surface area contributed by atoms with Gasteiger partial charge in [0.05, 0.1) is 0 Å². The molecule has 17 heavy (non-hydrogen) atoms. The van der Waals surface area contributed by atoms with Crippen molar-refractivity contribution in [3.8, 4) is 0 Å². The van der Waals surface area contributed by atoms with Gasteiger partial charge in [0.15, 0.2) is 0 Å². The van der Waals surface area contributed by atoms with Gasteiger partial charge in [0.25, 0.3) is 5.56 Å². The fourth-order valence-corrected chi connectivity index (χ4v) is 2.49. The van der Waals surface area contributed by atoms with Crippen LogP contribution < -0.4 is 5.56 Å². The normalized spacial score (nSPS) is 22.0. The summed E-state index contributed by atoms with van der Waals surface area (Å²) in [6, 6.07) is 2.11. The zero-order valence-electron chi connectivity index (χ0n) is 10.9. The van der Waals surface area contributed by atoms with E-state index in [0.717, 1.165) is 31.0 Å². The number of nitrogens with zero attached hydrogens (tertiary/aromatic N) is 2. The van der Waals surface area contributed by atoms with Gasteiger partial charge in [-0.25, -0.2) is 4.98 Å². The van der Waals surface area contributed by atoms with Gasteiger partial charge in [-0.1, -0.05) is 0 Å². The molecular weight excluding hydrogens is 214 g/mol. The van der Waals surface area contributed by atoms with E-state index in [1.165, 1.54) is 6.42 Å². The second-order valence-corrected chi connectivity index (χ2v) is 5.20. The summed E-state index contributed by atoms with van der Waals surface area (Å²) in [6.07, 6.45) is 2.30. The lowest BCUT2D eigenvalue weighted by atomic mass is 9.96. The molecule has 2 rings (SSSR count). The van der Waals surface area contributed by atoms with Crippen molar-refractivity contribution >= 4 is 0 Å². The zero-order chi connectivity index (χ0) is 12.4. The first-order chi connectivity index (χ1) is 8.06. The van der Waals surface area contributed by atoms with Gasteiger partial charge in [0.1, 0.15) is 5.82 Å². The predicted molar refractivity (Wildman–Crippen MR) is 68.3 cm³/mol. The van der Waals surface area contributed by atoms with Crippen LogP contribution in [-0.2, 0) is 0 Å². The molecule has 0 aliphatic carbocycles. The topological polar surface area (TPSA) is 49.0 Å². The van der Waals surface area contributed by atoms with Crippen molar-refractivity contribution < 1.29 is 0 Å². The minimum atomic E-state index is -0.0332. The average Bonchev–Trinajstić information content (AvgIpc) is 2.28. The molecule has 0 saturated carbocycles. The quantitative estimate of drug-likeness (QED) is 0.848. The molecule has 1 fully saturated rings. The number of nitrogens with one attached hydrogen (secondary N) is 1. The number of aryl methyl sites for hydroxylation is 1. The van der Waals surface area contributed by atoms with E-state index in [2.05, 4.69) is 28.7 Å². The van der Waals surface area contributed by atoms with Crippen LogP contribution in [0, 0.1) is 6.92 Å². The van der Waals surface area contributed by atoms with Gasteiger partial charge in [-0.15, -0.1) is 0 Å². The number of likely N-dealkylation sites (tertiary alicyclic amines) is 1. The second kappa shape index (κ2) is 5.00. The molecule has 1 atom stereocenters.